The van der Waals surface area contributed by atoms with Gasteiger partial charge in [0, 0.05) is 30.8 Å². The van der Waals surface area contributed by atoms with Crippen LogP contribution in [-0.4, -0.2) is 52.9 Å². The molecule has 42 heavy (non-hydrogen) atoms. The molecule has 1 saturated carbocycles. The summed E-state index contributed by atoms with van der Waals surface area (Å²) in [6.45, 7) is 6.41. The van der Waals surface area contributed by atoms with E-state index in [0.29, 0.717) is 67.9 Å². The summed E-state index contributed by atoms with van der Waals surface area (Å²) in [4.78, 5) is 46.0. The Bertz CT molecular complexity index is 1350. The number of aromatic nitrogens is 2. The molecule has 1 aromatic carbocycles. The average molecular weight is 578 g/mol. The van der Waals surface area contributed by atoms with Crippen LogP contribution in [0.25, 0.3) is 11.0 Å². The van der Waals surface area contributed by atoms with E-state index in [2.05, 4.69) is 25.9 Å². The van der Waals surface area contributed by atoms with E-state index in [1.165, 1.54) is 0 Å². The molecule has 4 rings (SSSR count). The van der Waals surface area contributed by atoms with Crippen LogP contribution in [0.4, 0.5) is 15.3 Å². The Hall–Kier alpha value is -4.41. The van der Waals surface area contributed by atoms with Crippen molar-refractivity contribution in [2.75, 3.05) is 18.5 Å². The van der Waals surface area contributed by atoms with Crippen LogP contribution in [0.5, 0.6) is 5.88 Å². The Morgan fingerprint density at radius 1 is 0.952 bits per heavy atom. The van der Waals surface area contributed by atoms with Crippen molar-refractivity contribution in [3.8, 4) is 5.88 Å². The molecule has 1 fully saturated rings. The normalized spacial score (nSPS) is 16.7. The first-order valence-corrected chi connectivity index (χ1v) is 14.3. The number of rotatable bonds is 10. The topological polar surface area (TPSA) is 141 Å². The molecule has 0 radical (unpaired) electrons. The molecule has 0 unspecified atom stereocenters. The Kier molecular flexibility index (Phi) is 10.5. The summed E-state index contributed by atoms with van der Waals surface area (Å²) in [6.07, 6.45) is 3.99. The van der Waals surface area contributed by atoms with Gasteiger partial charge in [0.15, 0.2) is 0 Å². The van der Waals surface area contributed by atoms with Crippen LogP contribution in [0.3, 0.4) is 0 Å². The monoisotopic (exact) mass is 577 g/mol. The first kappa shape index (κ1) is 30.5. The standard InChI is InChI=1S/C31H39N5O6/c1-31(2,3)42-30(39)34-23-12-10-22(11-13-23)28(37)35-25-16-18-32-24-14-15-26(36-27(24)25)40-19-7-17-33-29(38)41-20-21-8-5-4-6-9-21/h4-6,8-9,14-16,18,22-23H,7,10-13,17,19-20H2,1-3H3,(H,33,38)(H,34,39)(H,32,35,37). The summed E-state index contributed by atoms with van der Waals surface area (Å²) in [5, 5.41) is 8.62. The van der Waals surface area contributed by atoms with Crippen molar-refractivity contribution >= 4 is 34.8 Å². The molecule has 0 atom stereocenters. The van der Waals surface area contributed by atoms with Crippen molar-refractivity contribution in [3.05, 3.63) is 60.3 Å². The second-order valence-electron chi connectivity index (χ2n) is 11.3. The van der Waals surface area contributed by atoms with E-state index in [-0.39, 0.29) is 24.5 Å². The largest absolute Gasteiger partial charge is 0.478 e. The number of pyridine rings is 2. The molecule has 1 aliphatic carbocycles. The molecular weight excluding hydrogens is 538 g/mol. The molecular formula is C31H39N5O6. The average Bonchev–Trinajstić information content (AvgIpc) is 2.96. The molecule has 224 valence electrons. The van der Waals surface area contributed by atoms with Crippen molar-refractivity contribution in [1.82, 2.24) is 20.6 Å². The number of fused-ring (bicyclic) bond motifs is 1. The number of hydrogen-bond donors (Lipinski definition) is 3. The van der Waals surface area contributed by atoms with E-state index in [0.717, 1.165) is 5.56 Å². The summed E-state index contributed by atoms with van der Waals surface area (Å²) in [6, 6.07) is 14.7. The fourth-order valence-electron chi connectivity index (χ4n) is 4.61. The maximum absolute atomic E-state index is 13.1. The smallest absolute Gasteiger partial charge is 0.407 e. The summed E-state index contributed by atoms with van der Waals surface area (Å²) < 4.78 is 16.3. The van der Waals surface area contributed by atoms with E-state index in [4.69, 9.17) is 14.2 Å². The number of hydrogen-bond acceptors (Lipinski definition) is 8. The quantitative estimate of drug-likeness (QED) is 0.274. The third-order valence-corrected chi connectivity index (χ3v) is 6.69. The van der Waals surface area contributed by atoms with Crippen LogP contribution < -0.4 is 20.7 Å². The molecule has 0 saturated heterocycles. The van der Waals surface area contributed by atoms with Gasteiger partial charge in [-0.05, 0) is 70.6 Å². The minimum Gasteiger partial charge on any atom is -0.478 e. The van der Waals surface area contributed by atoms with Gasteiger partial charge in [-0.15, -0.1) is 0 Å². The van der Waals surface area contributed by atoms with Crippen molar-refractivity contribution in [2.45, 2.75) is 71.1 Å². The molecule has 3 amide bonds. The highest BCUT2D eigenvalue weighted by Crippen LogP contribution is 2.28. The van der Waals surface area contributed by atoms with Crippen LogP contribution >= 0.6 is 0 Å². The van der Waals surface area contributed by atoms with Crippen LogP contribution in [0.1, 0.15) is 58.4 Å². The third kappa shape index (κ3) is 9.60. The molecule has 11 heteroatoms. The number of carbonyl (C=O) groups is 3. The highest BCUT2D eigenvalue weighted by molar-refractivity contribution is 6.00. The molecule has 3 N–H and O–H groups in total. The lowest BCUT2D eigenvalue weighted by atomic mass is 9.85. The molecule has 2 heterocycles. The maximum Gasteiger partial charge on any atom is 0.407 e. The van der Waals surface area contributed by atoms with Crippen LogP contribution in [-0.2, 0) is 20.9 Å². The number of carbonyl (C=O) groups excluding carboxylic acids is 3. The fourth-order valence-corrected chi connectivity index (χ4v) is 4.61. The Morgan fingerprint density at radius 3 is 2.45 bits per heavy atom. The van der Waals surface area contributed by atoms with Crippen molar-refractivity contribution in [3.63, 3.8) is 0 Å². The molecule has 0 spiro atoms. The van der Waals surface area contributed by atoms with E-state index in [1.807, 2.05) is 51.1 Å². The van der Waals surface area contributed by atoms with E-state index in [1.54, 1.807) is 24.4 Å². The fraction of sp³-hybridized carbons (Fsp3) is 0.452. The number of anilines is 1. The van der Waals surface area contributed by atoms with Gasteiger partial charge in [-0.25, -0.2) is 14.6 Å². The Labute approximate surface area is 245 Å². The van der Waals surface area contributed by atoms with Gasteiger partial charge in [-0.2, -0.15) is 0 Å². The van der Waals surface area contributed by atoms with Crippen molar-refractivity contribution in [1.29, 1.82) is 0 Å². The first-order chi connectivity index (χ1) is 20.2. The number of nitrogens with one attached hydrogen (secondary N) is 3. The second kappa shape index (κ2) is 14.5. The van der Waals surface area contributed by atoms with Crippen LogP contribution in [0.2, 0.25) is 0 Å². The lowest BCUT2D eigenvalue weighted by Gasteiger charge is -2.29. The van der Waals surface area contributed by atoms with Gasteiger partial charge in [0.05, 0.1) is 17.8 Å². The van der Waals surface area contributed by atoms with Crippen molar-refractivity contribution < 1.29 is 28.6 Å². The number of benzene rings is 1. The zero-order valence-electron chi connectivity index (χ0n) is 24.4. The van der Waals surface area contributed by atoms with E-state index in [9.17, 15) is 14.4 Å². The highest BCUT2D eigenvalue weighted by atomic mass is 16.6. The van der Waals surface area contributed by atoms with Gasteiger partial charge in [0.1, 0.15) is 17.7 Å². The SMILES string of the molecule is CC(C)(C)OC(=O)NC1CCC(C(=O)Nc2ccnc3ccc(OCCCNC(=O)OCc4ccccc4)nc23)CC1. The van der Waals surface area contributed by atoms with E-state index >= 15 is 0 Å². The Morgan fingerprint density at radius 2 is 1.71 bits per heavy atom. The summed E-state index contributed by atoms with van der Waals surface area (Å²) in [7, 11) is 0. The number of ether oxygens (including phenoxy) is 3. The molecule has 0 aliphatic heterocycles. The second-order valence-corrected chi connectivity index (χ2v) is 11.3. The van der Waals surface area contributed by atoms with Crippen molar-refractivity contribution in [2.24, 2.45) is 5.92 Å². The predicted molar refractivity (Wildman–Crippen MR) is 158 cm³/mol. The third-order valence-electron chi connectivity index (χ3n) is 6.69. The molecule has 1 aliphatic rings. The van der Waals surface area contributed by atoms with Gasteiger partial charge in [0.25, 0.3) is 0 Å². The lowest BCUT2D eigenvalue weighted by Crippen LogP contribution is -2.42. The highest BCUT2D eigenvalue weighted by Gasteiger charge is 2.28. The van der Waals surface area contributed by atoms with Gasteiger partial charge < -0.3 is 30.2 Å². The number of amides is 3. The van der Waals surface area contributed by atoms with Crippen LogP contribution in [0, 0.1) is 5.92 Å². The molecule has 3 aromatic rings. The Balaban J connectivity index is 1.22. The first-order valence-electron chi connectivity index (χ1n) is 14.3. The zero-order valence-corrected chi connectivity index (χ0v) is 24.4. The summed E-state index contributed by atoms with van der Waals surface area (Å²) in [5.74, 6) is 0.138. The van der Waals surface area contributed by atoms with Gasteiger partial charge in [0.2, 0.25) is 11.8 Å². The number of nitrogens with zero attached hydrogens (tertiary/aromatic N) is 2. The maximum atomic E-state index is 13.1. The molecule has 11 nitrogen and oxygen atoms in total. The minimum atomic E-state index is -0.552. The zero-order chi connectivity index (χ0) is 30.0. The van der Waals surface area contributed by atoms with Crippen LogP contribution in [0.15, 0.2) is 54.7 Å². The van der Waals surface area contributed by atoms with E-state index < -0.39 is 17.8 Å². The van der Waals surface area contributed by atoms with Gasteiger partial charge in [-0.3, -0.25) is 9.78 Å². The summed E-state index contributed by atoms with van der Waals surface area (Å²) >= 11 is 0. The lowest BCUT2D eigenvalue weighted by molar-refractivity contribution is -0.120. The molecule has 0 bridgehead atoms. The van der Waals surface area contributed by atoms with Gasteiger partial charge in [-0.1, -0.05) is 30.3 Å². The molecule has 2 aromatic heterocycles. The van der Waals surface area contributed by atoms with Gasteiger partial charge >= 0.3 is 12.2 Å². The summed E-state index contributed by atoms with van der Waals surface area (Å²) in [5.41, 5.74) is 2.10. The number of alkyl carbamates (subject to hydrolysis) is 2. The minimum absolute atomic E-state index is 0.0119. The predicted octanol–water partition coefficient (Wildman–Crippen LogP) is 5.35.